The number of furan rings is 1. The molecule has 6 heteroatoms. The Kier molecular flexibility index (Phi) is 5.89. The highest BCUT2D eigenvalue weighted by Crippen LogP contribution is 2.24. The third kappa shape index (κ3) is 4.05. The van der Waals surface area contributed by atoms with Gasteiger partial charge in [0.1, 0.15) is 23.9 Å². The van der Waals surface area contributed by atoms with Gasteiger partial charge in [0.05, 0.1) is 10.6 Å². The van der Waals surface area contributed by atoms with Gasteiger partial charge in [0.2, 0.25) is 0 Å². The van der Waals surface area contributed by atoms with Crippen molar-refractivity contribution in [2.24, 2.45) is 0 Å². The number of halogens is 1. The Morgan fingerprint density at radius 3 is 2.42 bits per heavy atom. The highest BCUT2D eigenvalue weighted by atomic mass is 35.5. The van der Waals surface area contributed by atoms with E-state index in [4.69, 9.17) is 20.8 Å². The first-order chi connectivity index (χ1) is 12.5. The highest BCUT2D eigenvalue weighted by molar-refractivity contribution is 6.32. The van der Waals surface area contributed by atoms with E-state index in [9.17, 15) is 4.79 Å². The number of carbonyl (C=O) groups excluding carboxylic acids is 1. The van der Waals surface area contributed by atoms with Crippen molar-refractivity contribution >= 4 is 17.5 Å². The number of para-hydroxylation sites is 1. The van der Waals surface area contributed by atoms with Crippen LogP contribution in [0.15, 0.2) is 28.7 Å². The van der Waals surface area contributed by atoms with Crippen LogP contribution in [0.2, 0.25) is 5.02 Å². The Labute approximate surface area is 159 Å². The van der Waals surface area contributed by atoms with E-state index < -0.39 is 0 Å². The van der Waals surface area contributed by atoms with Crippen molar-refractivity contribution in [2.75, 3.05) is 39.3 Å². The number of ether oxygens (including phenoxy) is 1. The molecule has 2 aromatic rings. The number of aryl methyl sites for hydroxylation is 2. The van der Waals surface area contributed by atoms with Gasteiger partial charge < -0.3 is 14.1 Å². The molecule has 1 aromatic heterocycles. The minimum absolute atomic E-state index is 0.0730. The fourth-order valence-corrected chi connectivity index (χ4v) is 3.48. The van der Waals surface area contributed by atoms with Crippen molar-refractivity contribution in [3.8, 4) is 5.75 Å². The quantitative estimate of drug-likeness (QED) is 0.798. The Hall–Kier alpha value is -1.98. The second-order valence-electron chi connectivity index (χ2n) is 6.63. The van der Waals surface area contributed by atoms with E-state index in [2.05, 4.69) is 4.90 Å². The predicted molar refractivity (Wildman–Crippen MR) is 102 cm³/mol. The van der Waals surface area contributed by atoms with Crippen LogP contribution < -0.4 is 4.74 Å². The molecule has 0 radical (unpaired) electrons. The monoisotopic (exact) mass is 376 g/mol. The van der Waals surface area contributed by atoms with Crippen molar-refractivity contribution in [3.63, 3.8) is 0 Å². The summed E-state index contributed by atoms with van der Waals surface area (Å²) in [5, 5.41) is 0.629. The Morgan fingerprint density at radius 1 is 1.12 bits per heavy atom. The van der Waals surface area contributed by atoms with Crippen LogP contribution in [0.1, 0.15) is 27.4 Å². The number of hydrogen-bond acceptors (Lipinski definition) is 4. The molecular formula is C20H25ClN2O3. The second kappa shape index (κ2) is 8.14. The number of amides is 1. The summed E-state index contributed by atoms with van der Waals surface area (Å²) in [6, 6.07) is 7.49. The van der Waals surface area contributed by atoms with Crippen LogP contribution in [0.4, 0.5) is 0 Å². The van der Waals surface area contributed by atoms with Crippen molar-refractivity contribution in [2.45, 2.75) is 20.8 Å². The summed E-state index contributed by atoms with van der Waals surface area (Å²) in [5.74, 6) is 2.31. The molecule has 1 saturated heterocycles. The minimum atomic E-state index is 0.0730. The van der Waals surface area contributed by atoms with Gasteiger partial charge in [-0.05, 0) is 32.9 Å². The maximum atomic E-state index is 12.8. The molecule has 1 fully saturated rings. The first kappa shape index (κ1) is 18.8. The fourth-order valence-electron chi connectivity index (χ4n) is 3.29. The molecule has 3 rings (SSSR count). The smallest absolute Gasteiger partial charge is 0.257 e. The summed E-state index contributed by atoms with van der Waals surface area (Å²) in [6.07, 6.45) is 0. The number of hydrogen-bond donors (Lipinski definition) is 0. The molecule has 1 aromatic carbocycles. The summed E-state index contributed by atoms with van der Waals surface area (Å²) in [5.41, 5.74) is 1.67. The molecule has 0 N–H and O–H groups in total. The first-order valence-electron chi connectivity index (χ1n) is 8.93. The normalized spacial score (nSPS) is 15.3. The van der Waals surface area contributed by atoms with Gasteiger partial charge in [-0.2, -0.15) is 0 Å². The lowest BCUT2D eigenvalue weighted by molar-refractivity contribution is 0.0618. The van der Waals surface area contributed by atoms with E-state index in [1.165, 1.54) is 0 Å². The largest absolute Gasteiger partial charge is 0.491 e. The molecule has 26 heavy (non-hydrogen) atoms. The van der Waals surface area contributed by atoms with Crippen molar-refractivity contribution in [1.82, 2.24) is 9.80 Å². The summed E-state index contributed by atoms with van der Waals surface area (Å²) in [4.78, 5) is 17.0. The van der Waals surface area contributed by atoms with E-state index in [-0.39, 0.29) is 5.91 Å². The maximum absolute atomic E-state index is 12.8. The lowest BCUT2D eigenvalue weighted by Gasteiger charge is -2.34. The van der Waals surface area contributed by atoms with Gasteiger partial charge in [-0.1, -0.05) is 23.7 Å². The third-order valence-electron chi connectivity index (χ3n) is 4.94. The van der Waals surface area contributed by atoms with Gasteiger partial charge in [0, 0.05) is 38.3 Å². The van der Waals surface area contributed by atoms with Crippen LogP contribution >= 0.6 is 11.6 Å². The van der Waals surface area contributed by atoms with E-state index in [0.29, 0.717) is 36.2 Å². The van der Waals surface area contributed by atoms with E-state index in [1.54, 1.807) is 0 Å². The van der Waals surface area contributed by atoms with Gasteiger partial charge in [-0.3, -0.25) is 9.69 Å². The molecule has 0 spiro atoms. The Morgan fingerprint density at radius 2 is 1.81 bits per heavy atom. The van der Waals surface area contributed by atoms with Crippen LogP contribution in [0.3, 0.4) is 0 Å². The molecule has 0 aliphatic carbocycles. The first-order valence-corrected chi connectivity index (χ1v) is 9.30. The lowest BCUT2D eigenvalue weighted by Crippen LogP contribution is -2.49. The van der Waals surface area contributed by atoms with Gasteiger partial charge >= 0.3 is 0 Å². The molecule has 0 bridgehead atoms. The van der Waals surface area contributed by atoms with Crippen LogP contribution in [-0.2, 0) is 0 Å². The summed E-state index contributed by atoms with van der Waals surface area (Å²) < 4.78 is 11.3. The average Bonchev–Trinajstić information content (AvgIpc) is 2.89. The number of benzene rings is 1. The van der Waals surface area contributed by atoms with Crippen LogP contribution in [-0.4, -0.2) is 55.0 Å². The molecule has 1 amide bonds. The van der Waals surface area contributed by atoms with Gasteiger partial charge in [-0.25, -0.2) is 0 Å². The van der Waals surface area contributed by atoms with Gasteiger partial charge in [-0.15, -0.1) is 0 Å². The number of rotatable bonds is 5. The van der Waals surface area contributed by atoms with E-state index in [1.807, 2.05) is 49.9 Å². The topological polar surface area (TPSA) is 45.9 Å². The van der Waals surface area contributed by atoms with E-state index >= 15 is 0 Å². The molecule has 0 unspecified atom stereocenters. The van der Waals surface area contributed by atoms with Gasteiger partial charge in [0.15, 0.2) is 0 Å². The molecular weight excluding hydrogens is 352 g/mol. The third-order valence-corrected chi connectivity index (χ3v) is 5.25. The summed E-state index contributed by atoms with van der Waals surface area (Å²) >= 11 is 6.09. The zero-order valence-corrected chi connectivity index (χ0v) is 16.3. The minimum Gasteiger partial charge on any atom is -0.491 e. The molecule has 0 saturated carbocycles. The van der Waals surface area contributed by atoms with Crippen LogP contribution in [0.5, 0.6) is 5.75 Å². The molecule has 5 nitrogen and oxygen atoms in total. The van der Waals surface area contributed by atoms with Crippen LogP contribution in [0.25, 0.3) is 0 Å². The second-order valence-corrected chi connectivity index (χ2v) is 7.03. The molecule has 1 aliphatic heterocycles. The van der Waals surface area contributed by atoms with Crippen molar-refractivity contribution < 1.29 is 13.9 Å². The maximum Gasteiger partial charge on any atom is 0.257 e. The summed E-state index contributed by atoms with van der Waals surface area (Å²) in [7, 11) is 0. The SMILES string of the molecule is Cc1oc(C)c(C(=O)N2CCN(CCOc3ccccc3Cl)CC2)c1C. The Bertz CT molecular complexity index is 779. The van der Waals surface area contributed by atoms with Crippen molar-refractivity contribution in [3.05, 3.63) is 51.9 Å². The zero-order chi connectivity index (χ0) is 18.7. The molecule has 0 atom stereocenters. The molecule has 2 heterocycles. The van der Waals surface area contributed by atoms with Crippen molar-refractivity contribution in [1.29, 1.82) is 0 Å². The standard InChI is InChI=1S/C20H25ClN2O3/c1-14-15(2)26-16(3)19(14)20(24)23-10-8-22(9-11-23)12-13-25-18-7-5-4-6-17(18)21/h4-7H,8-13H2,1-3H3. The highest BCUT2D eigenvalue weighted by Gasteiger charge is 2.26. The number of nitrogens with zero attached hydrogens (tertiary/aromatic N) is 2. The number of carbonyl (C=O) groups is 1. The zero-order valence-electron chi connectivity index (χ0n) is 15.5. The van der Waals surface area contributed by atoms with Crippen LogP contribution in [0, 0.1) is 20.8 Å². The van der Waals surface area contributed by atoms with Gasteiger partial charge in [0.25, 0.3) is 5.91 Å². The Balaban J connectivity index is 1.48. The molecule has 1 aliphatic rings. The lowest BCUT2D eigenvalue weighted by atomic mass is 10.1. The molecule has 140 valence electrons. The average molecular weight is 377 g/mol. The summed E-state index contributed by atoms with van der Waals surface area (Å²) in [6.45, 7) is 10.2. The fraction of sp³-hybridized carbons (Fsp3) is 0.450. The van der Waals surface area contributed by atoms with E-state index in [0.717, 1.165) is 36.5 Å². The number of piperazine rings is 1. The predicted octanol–water partition coefficient (Wildman–Crippen LogP) is 3.70.